The lowest BCUT2D eigenvalue weighted by atomic mass is 9.98. The predicted octanol–water partition coefficient (Wildman–Crippen LogP) is 2.52. The Morgan fingerprint density at radius 2 is 1.65 bits per heavy atom. The van der Waals surface area contributed by atoms with E-state index in [0.717, 1.165) is 12.1 Å². The molecule has 4 rings (SSSR count). The van der Waals surface area contributed by atoms with Crippen LogP contribution in [0.15, 0.2) is 72.9 Å². The fraction of sp³-hybridized carbons (Fsp3) is 0.250. The summed E-state index contributed by atoms with van der Waals surface area (Å²) in [5, 5.41) is 7.59. The summed E-state index contributed by atoms with van der Waals surface area (Å²) in [5.41, 5.74) is -0.398. The molecule has 0 spiro atoms. The van der Waals surface area contributed by atoms with Crippen LogP contribution >= 0.6 is 0 Å². The number of ether oxygens (including phenoxy) is 2. The highest BCUT2D eigenvalue weighted by Gasteiger charge is 2.44. The van der Waals surface area contributed by atoms with Gasteiger partial charge < -0.3 is 25.4 Å². The van der Waals surface area contributed by atoms with Crippen molar-refractivity contribution in [1.82, 2.24) is 20.9 Å². The van der Waals surface area contributed by atoms with Crippen molar-refractivity contribution >= 4 is 23.5 Å². The molecule has 0 radical (unpaired) electrons. The van der Waals surface area contributed by atoms with Crippen molar-refractivity contribution in [2.45, 2.75) is 44.7 Å². The van der Waals surface area contributed by atoms with E-state index in [9.17, 15) is 28.0 Å². The normalized spacial score (nSPS) is 14.1. The van der Waals surface area contributed by atoms with E-state index < -0.39 is 41.4 Å². The van der Waals surface area contributed by atoms with Gasteiger partial charge in [0.2, 0.25) is 11.7 Å². The van der Waals surface area contributed by atoms with Gasteiger partial charge in [0.15, 0.2) is 11.5 Å². The Hall–Kier alpha value is -4.87. The van der Waals surface area contributed by atoms with Crippen LogP contribution in [-0.4, -0.2) is 46.4 Å². The number of nitrogens with zero attached hydrogens (tertiary/aromatic N) is 1. The number of hydrogen-bond donors (Lipinski definition) is 3. The van der Waals surface area contributed by atoms with Gasteiger partial charge in [0.05, 0.1) is 12.2 Å². The molecule has 1 aliphatic rings. The molecule has 3 amide bonds. The van der Waals surface area contributed by atoms with E-state index in [1.807, 2.05) is 0 Å². The molecule has 208 valence electrons. The smallest absolute Gasteiger partial charge is 0.395 e. The first-order chi connectivity index (χ1) is 18.9. The van der Waals surface area contributed by atoms with Crippen LogP contribution in [-0.2, 0) is 27.3 Å². The van der Waals surface area contributed by atoms with Crippen LogP contribution in [0.5, 0.6) is 11.5 Å². The Labute approximate surface area is 228 Å². The van der Waals surface area contributed by atoms with Gasteiger partial charge in [-0.2, -0.15) is 0 Å². The molecule has 3 N–H and O–H groups in total. The third kappa shape index (κ3) is 6.95. The summed E-state index contributed by atoms with van der Waals surface area (Å²) in [4.78, 5) is 56.0. The zero-order chi connectivity index (χ0) is 28.9. The number of amides is 3. The maximum Gasteiger partial charge on any atom is 0.586 e. The highest BCUT2D eigenvalue weighted by atomic mass is 19.3. The van der Waals surface area contributed by atoms with Gasteiger partial charge in [-0.05, 0) is 49.7 Å². The highest BCUT2D eigenvalue weighted by molar-refractivity contribution is 6.38. The lowest BCUT2D eigenvalue weighted by Gasteiger charge is -2.28. The zero-order valence-electron chi connectivity index (χ0n) is 21.6. The molecule has 0 aliphatic carbocycles. The first-order valence-electron chi connectivity index (χ1n) is 12.2. The number of carbonyl (C=O) groups excluding carboxylic acids is 4. The first-order valence-corrected chi connectivity index (χ1v) is 12.2. The molecule has 0 unspecified atom stereocenters. The summed E-state index contributed by atoms with van der Waals surface area (Å²) in [5.74, 6) is -3.87. The van der Waals surface area contributed by atoms with Crippen LogP contribution in [0.2, 0.25) is 0 Å². The van der Waals surface area contributed by atoms with Crippen molar-refractivity contribution in [2.24, 2.45) is 0 Å². The second-order valence-electron chi connectivity index (χ2n) is 9.49. The summed E-state index contributed by atoms with van der Waals surface area (Å²) in [6.45, 7) is 2.81. The maximum atomic E-state index is 13.3. The van der Waals surface area contributed by atoms with Crippen LogP contribution in [0.3, 0.4) is 0 Å². The summed E-state index contributed by atoms with van der Waals surface area (Å²) in [7, 11) is 0. The quantitative estimate of drug-likeness (QED) is 0.329. The Bertz CT molecular complexity index is 1420. The first kappa shape index (κ1) is 28.1. The van der Waals surface area contributed by atoms with Gasteiger partial charge >= 0.3 is 6.29 Å². The number of rotatable bonds is 10. The molecule has 2 heterocycles. The van der Waals surface area contributed by atoms with E-state index in [4.69, 9.17) is 0 Å². The number of carbonyl (C=O) groups is 4. The second kappa shape index (κ2) is 11.5. The van der Waals surface area contributed by atoms with Crippen molar-refractivity contribution in [2.75, 3.05) is 0 Å². The van der Waals surface area contributed by atoms with Crippen molar-refractivity contribution in [3.63, 3.8) is 0 Å². The van der Waals surface area contributed by atoms with Gasteiger partial charge in [0, 0.05) is 18.2 Å². The van der Waals surface area contributed by atoms with E-state index in [1.54, 1.807) is 54.7 Å². The van der Waals surface area contributed by atoms with Gasteiger partial charge in [0.1, 0.15) is 11.6 Å². The fourth-order valence-electron chi connectivity index (χ4n) is 3.82. The Kier molecular flexibility index (Phi) is 8.08. The number of ketones is 1. The minimum atomic E-state index is -3.85. The molecule has 12 heteroatoms. The Morgan fingerprint density at radius 1 is 0.950 bits per heavy atom. The number of Topliss-reactive ketones (excluding diaryl/α,β-unsaturated/α-hetero) is 1. The van der Waals surface area contributed by atoms with Crippen molar-refractivity contribution in [3.8, 4) is 11.5 Å². The SMILES string of the molecule is CC(C)(NC(=O)c1ccc2c(c1)OC(F)(F)O2)C(=O)N[C@H](Cc1ccccc1)C(=O)C(=O)NCc1ccccn1. The van der Waals surface area contributed by atoms with Gasteiger partial charge in [-0.25, -0.2) is 0 Å². The Balaban J connectivity index is 1.45. The van der Waals surface area contributed by atoms with E-state index in [2.05, 4.69) is 30.4 Å². The lowest BCUT2D eigenvalue weighted by Crippen LogP contribution is -2.59. The van der Waals surface area contributed by atoms with Crippen LogP contribution in [0, 0.1) is 0 Å². The van der Waals surface area contributed by atoms with E-state index in [1.165, 1.54) is 19.9 Å². The largest absolute Gasteiger partial charge is 0.586 e. The van der Waals surface area contributed by atoms with E-state index >= 15 is 0 Å². The third-order valence-corrected chi connectivity index (χ3v) is 5.94. The molecular formula is C28H26F2N4O6. The summed E-state index contributed by atoms with van der Waals surface area (Å²) in [6, 6.07) is 16.1. The number of benzene rings is 2. The van der Waals surface area contributed by atoms with Crippen molar-refractivity contribution < 1.29 is 37.4 Å². The standard InChI is InChI=1S/C28H26F2N4O6/c1-27(2,34-24(36)18-11-12-21-22(15-18)40-28(29,30)39-21)26(38)33-20(14-17-8-4-3-5-9-17)23(35)25(37)32-16-19-10-6-7-13-31-19/h3-13,15,20H,14,16H2,1-2H3,(H,32,37)(H,33,38)(H,34,36)/t20-/m1/s1. The molecule has 1 aliphatic heterocycles. The van der Waals surface area contributed by atoms with Crippen molar-refractivity contribution in [1.29, 1.82) is 0 Å². The number of alkyl halides is 2. The molecular weight excluding hydrogens is 526 g/mol. The zero-order valence-corrected chi connectivity index (χ0v) is 21.6. The number of aromatic nitrogens is 1. The van der Waals surface area contributed by atoms with Gasteiger partial charge in [-0.15, -0.1) is 8.78 Å². The maximum absolute atomic E-state index is 13.3. The molecule has 0 fully saturated rings. The Morgan fingerprint density at radius 3 is 2.35 bits per heavy atom. The summed E-state index contributed by atoms with van der Waals surface area (Å²) >= 11 is 0. The third-order valence-electron chi connectivity index (χ3n) is 5.94. The van der Waals surface area contributed by atoms with E-state index in [-0.39, 0.29) is 30.0 Å². The van der Waals surface area contributed by atoms with E-state index in [0.29, 0.717) is 11.3 Å². The molecule has 0 saturated heterocycles. The molecule has 2 aromatic carbocycles. The summed E-state index contributed by atoms with van der Waals surface area (Å²) in [6.07, 6.45) is -2.28. The monoisotopic (exact) mass is 552 g/mol. The number of halogens is 2. The average Bonchev–Trinajstić information content (AvgIpc) is 3.24. The number of fused-ring (bicyclic) bond motifs is 1. The minimum absolute atomic E-state index is 0.0143. The predicted molar refractivity (Wildman–Crippen MR) is 137 cm³/mol. The molecule has 1 atom stereocenters. The molecule has 0 saturated carbocycles. The second-order valence-corrected chi connectivity index (χ2v) is 9.49. The molecule has 3 aromatic rings. The highest BCUT2D eigenvalue weighted by Crippen LogP contribution is 2.41. The lowest BCUT2D eigenvalue weighted by molar-refractivity contribution is -0.286. The van der Waals surface area contributed by atoms with Gasteiger partial charge in [-0.3, -0.25) is 24.2 Å². The molecule has 40 heavy (non-hydrogen) atoms. The number of nitrogens with one attached hydrogen (secondary N) is 3. The summed E-state index contributed by atoms with van der Waals surface area (Å²) < 4.78 is 35.3. The number of hydrogen-bond acceptors (Lipinski definition) is 7. The molecule has 10 nitrogen and oxygen atoms in total. The van der Waals surface area contributed by atoms with Gasteiger partial charge in [-0.1, -0.05) is 36.4 Å². The molecule has 1 aromatic heterocycles. The van der Waals surface area contributed by atoms with Crippen molar-refractivity contribution in [3.05, 3.63) is 89.7 Å². The van der Waals surface area contributed by atoms with Crippen LogP contribution in [0.1, 0.15) is 35.5 Å². The molecule has 0 bridgehead atoms. The fourth-order valence-corrected chi connectivity index (χ4v) is 3.82. The topological polar surface area (TPSA) is 136 Å². The van der Waals surface area contributed by atoms with Crippen LogP contribution < -0.4 is 25.4 Å². The van der Waals surface area contributed by atoms with Crippen LogP contribution in [0.4, 0.5) is 8.78 Å². The average molecular weight is 553 g/mol. The van der Waals surface area contributed by atoms with Crippen LogP contribution in [0.25, 0.3) is 0 Å². The minimum Gasteiger partial charge on any atom is -0.395 e. The van der Waals surface area contributed by atoms with Gasteiger partial charge in [0.25, 0.3) is 11.8 Å². The number of pyridine rings is 1.